The second-order valence-corrected chi connectivity index (χ2v) is 9.23. The normalized spacial score (nSPS) is 16.6. The van der Waals surface area contributed by atoms with E-state index in [0.717, 1.165) is 5.56 Å². The summed E-state index contributed by atoms with van der Waals surface area (Å²) < 4.78 is 45.5. The fourth-order valence-electron chi connectivity index (χ4n) is 3.26. The largest absolute Gasteiger partial charge is 0.379 e. The highest BCUT2D eigenvalue weighted by Crippen LogP contribution is 2.23. The van der Waals surface area contributed by atoms with Gasteiger partial charge in [-0.3, -0.25) is 4.79 Å². The minimum Gasteiger partial charge on any atom is -0.379 e. The summed E-state index contributed by atoms with van der Waals surface area (Å²) in [6, 6.07) is 11.7. The Labute approximate surface area is 170 Å². The van der Waals surface area contributed by atoms with Crippen LogP contribution in [0.1, 0.15) is 35.8 Å². The van der Waals surface area contributed by atoms with Crippen LogP contribution >= 0.6 is 0 Å². The molecule has 0 aromatic heterocycles. The van der Waals surface area contributed by atoms with Gasteiger partial charge in [0.1, 0.15) is 5.82 Å². The molecule has 1 heterocycles. The van der Waals surface area contributed by atoms with Crippen LogP contribution in [0.15, 0.2) is 53.4 Å². The second kappa shape index (κ2) is 9.02. The Morgan fingerprint density at radius 1 is 1.10 bits per heavy atom. The number of amides is 1. The van der Waals surface area contributed by atoms with Crippen molar-refractivity contribution >= 4 is 15.9 Å². The monoisotopic (exact) mass is 420 g/mol. The molecule has 156 valence electrons. The predicted molar refractivity (Wildman–Crippen MR) is 107 cm³/mol. The second-order valence-electron chi connectivity index (χ2n) is 7.29. The smallest absolute Gasteiger partial charge is 0.251 e. The summed E-state index contributed by atoms with van der Waals surface area (Å²) in [6.45, 7) is 5.19. The quantitative estimate of drug-likeness (QED) is 0.780. The first kappa shape index (κ1) is 21.4. The number of hydrogen-bond acceptors (Lipinski definition) is 4. The summed E-state index contributed by atoms with van der Waals surface area (Å²) in [4.78, 5) is 12.9. The number of benzene rings is 2. The van der Waals surface area contributed by atoms with Gasteiger partial charge in [-0.25, -0.2) is 12.8 Å². The number of nitrogens with one attached hydrogen (secondary N) is 1. The molecule has 0 radical (unpaired) electrons. The molecule has 0 saturated carbocycles. The third-order valence-electron chi connectivity index (χ3n) is 4.89. The maximum atomic E-state index is 13.2. The van der Waals surface area contributed by atoms with Crippen LogP contribution in [0.2, 0.25) is 0 Å². The number of nitrogens with zero attached hydrogens (tertiary/aromatic N) is 1. The molecule has 2 aromatic rings. The zero-order valence-electron chi connectivity index (χ0n) is 16.5. The number of carbonyl (C=O) groups is 1. The van der Waals surface area contributed by atoms with Gasteiger partial charge in [-0.15, -0.1) is 0 Å². The summed E-state index contributed by atoms with van der Waals surface area (Å²) in [7, 11) is -3.69. The molecule has 0 aliphatic carbocycles. The molecular formula is C21H25FN2O4S. The van der Waals surface area contributed by atoms with Gasteiger partial charge in [-0.05, 0) is 41.8 Å². The van der Waals surface area contributed by atoms with Crippen LogP contribution in [0.5, 0.6) is 0 Å². The van der Waals surface area contributed by atoms with Crippen molar-refractivity contribution < 1.29 is 22.3 Å². The number of ether oxygens (including phenoxy) is 1. The molecule has 8 heteroatoms. The summed E-state index contributed by atoms with van der Waals surface area (Å²) in [5.74, 6) is -0.666. The summed E-state index contributed by atoms with van der Waals surface area (Å²) in [5.41, 5.74) is 1.04. The Bertz CT molecular complexity index is 955. The van der Waals surface area contributed by atoms with E-state index in [-0.39, 0.29) is 34.1 Å². The van der Waals surface area contributed by atoms with E-state index < -0.39 is 10.0 Å². The number of morpholine rings is 1. The first-order valence-electron chi connectivity index (χ1n) is 9.53. The van der Waals surface area contributed by atoms with E-state index >= 15 is 0 Å². The third-order valence-corrected chi connectivity index (χ3v) is 6.78. The highest BCUT2D eigenvalue weighted by molar-refractivity contribution is 7.89. The Balaban J connectivity index is 1.82. The Kier molecular flexibility index (Phi) is 6.66. The molecule has 0 spiro atoms. The molecule has 1 saturated heterocycles. The van der Waals surface area contributed by atoms with Crippen molar-refractivity contribution in [2.45, 2.75) is 24.8 Å². The van der Waals surface area contributed by atoms with Crippen LogP contribution in [-0.2, 0) is 14.8 Å². The highest BCUT2D eigenvalue weighted by Gasteiger charge is 2.27. The molecule has 1 fully saturated rings. The van der Waals surface area contributed by atoms with E-state index in [1.54, 1.807) is 24.3 Å². The summed E-state index contributed by atoms with van der Waals surface area (Å²) in [6.07, 6.45) is 0. The third kappa shape index (κ3) is 5.01. The van der Waals surface area contributed by atoms with Gasteiger partial charge >= 0.3 is 0 Å². The lowest BCUT2D eigenvalue weighted by Gasteiger charge is -2.26. The molecule has 0 unspecified atom stereocenters. The van der Waals surface area contributed by atoms with Crippen molar-refractivity contribution in [3.8, 4) is 0 Å². The fraction of sp³-hybridized carbons (Fsp3) is 0.381. The van der Waals surface area contributed by atoms with Crippen LogP contribution in [0.4, 0.5) is 4.39 Å². The molecule has 1 aliphatic heterocycles. The molecule has 29 heavy (non-hydrogen) atoms. The lowest BCUT2D eigenvalue weighted by Crippen LogP contribution is -2.40. The van der Waals surface area contributed by atoms with E-state index in [0.29, 0.717) is 26.3 Å². The van der Waals surface area contributed by atoms with Crippen molar-refractivity contribution in [2.75, 3.05) is 26.3 Å². The van der Waals surface area contributed by atoms with Gasteiger partial charge in [0, 0.05) is 18.7 Å². The maximum Gasteiger partial charge on any atom is 0.251 e. The first-order valence-corrected chi connectivity index (χ1v) is 11.0. The summed E-state index contributed by atoms with van der Waals surface area (Å²) in [5, 5.41) is 2.94. The lowest BCUT2D eigenvalue weighted by atomic mass is 9.95. The Morgan fingerprint density at radius 3 is 2.38 bits per heavy atom. The molecule has 1 aliphatic rings. The van der Waals surface area contributed by atoms with Crippen molar-refractivity contribution in [2.24, 2.45) is 5.92 Å². The molecule has 6 nitrogen and oxygen atoms in total. The number of rotatable bonds is 6. The van der Waals surface area contributed by atoms with E-state index in [2.05, 4.69) is 5.32 Å². The SMILES string of the molecule is CC(C)[C@@H](NC(=O)c1cccc(S(=O)(=O)N2CCOCC2)c1)c1ccc(F)cc1. The van der Waals surface area contributed by atoms with Crippen molar-refractivity contribution in [1.29, 1.82) is 0 Å². The highest BCUT2D eigenvalue weighted by atomic mass is 32.2. The molecule has 1 N–H and O–H groups in total. The van der Waals surface area contributed by atoms with Gasteiger partial charge in [-0.1, -0.05) is 32.0 Å². The molecule has 0 bridgehead atoms. The van der Waals surface area contributed by atoms with E-state index in [1.165, 1.54) is 28.6 Å². The number of halogens is 1. The van der Waals surface area contributed by atoms with Crippen LogP contribution in [0.3, 0.4) is 0 Å². The number of hydrogen-bond donors (Lipinski definition) is 1. The fourth-order valence-corrected chi connectivity index (χ4v) is 4.72. The van der Waals surface area contributed by atoms with Crippen LogP contribution in [0.25, 0.3) is 0 Å². The Morgan fingerprint density at radius 2 is 1.76 bits per heavy atom. The van der Waals surface area contributed by atoms with E-state index in [9.17, 15) is 17.6 Å². The number of carbonyl (C=O) groups excluding carboxylic acids is 1. The Hall–Kier alpha value is -2.29. The minimum absolute atomic E-state index is 0.0599. The average molecular weight is 421 g/mol. The van der Waals surface area contributed by atoms with Crippen molar-refractivity contribution in [3.05, 3.63) is 65.5 Å². The number of sulfonamides is 1. The topological polar surface area (TPSA) is 75.7 Å². The van der Waals surface area contributed by atoms with Crippen LogP contribution < -0.4 is 5.32 Å². The molecule has 1 amide bonds. The molecular weight excluding hydrogens is 395 g/mol. The minimum atomic E-state index is -3.69. The molecule has 3 rings (SSSR count). The van der Waals surface area contributed by atoms with Crippen molar-refractivity contribution in [1.82, 2.24) is 9.62 Å². The van der Waals surface area contributed by atoms with Crippen LogP contribution in [0, 0.1) is 11.7 Å². The average Bonchev–Trinajstić information content (AvgIpc) is 2.73. The maximum absolute atomic E-state index is 13.2. The van der Waals surface area contributed by atoms with Crippen molar-refractivity contribution in [3.63, 3.8) is 0 Å². The van der Waals surface area contributed by atoms with E-state index in [1.807, 2.05) is 13.8 Å². The van der Waals surface area contributed by atoms with Gasteiger partial charge in [0.2, 0.25) is 10.0 Å². The van der Waals surface area contributed by atoms with Gasteiger partial charge < -0.3 is 10.1 Å². The zero-order valence-corrected chi connectivity index (χ0v) is 17.3. The molecule has 1 atom stereocenters. The zero-order chi connectivity index (χ0) is 21.0. The summed E-state index contributed by atoms with van der Waals surface area (Å²) >= 11 is 0. The van der Waals surface area contributed by atoms with Gasteiger partial charge in [0.25, 0.3) is 5.91 Å². The van der Waals surface area contributed by atoms with Crippen LogP contribution in [-0.4, -0.2) is 44.9 Å². The lowest BCUT2D eigenvalue weighted by molar-refractivity contribution is 0.0730. The molecule has 2 aromatic carbocycles. The van der Waals surface area contributed by atoms with Gasteiger partial charge in [-0.2, -0.15) is 4.31 Å². The van der Waals surface area contributed by atoms with Gasteiger partial charge in [0.05, 0.1) is 24.2 Å². The van der Waals surface area contributed by atoms with E-state index in [4.69, 9.17) is 4.74 Å². The standard InChI is InChI=1S/C21H25FN2O4S/c1-15(2)20(16-6-8-18(22)9-7-16)23-21(25)17-4-3-5-19(14-17)29(26,27)24-10-12-28-13-11-24/h3-9,14-15,20H,10-13H2,1-2H3,(H,23,25)/t20-/m1/s1. The predicted octanol–water partition coefficient (Wildman–Crippen LogP) is 2.97. The van der Waals surface area contributed by atoms with Gasteiger partial charge in [0.15, 0.2) is 0 Å². The first-order chi connectivity index (χ1) is 13.8.